The zero-order valence-corrected chi connectivity index (χ0v) is 14.8. The van der Waals surface area contributed by atoms with E-state index in [9.17, 15) is 4.79 Å². The number of rotatable bonds is 6. The van der Waals surface area contributed by atoms with E-state index in [-0.39, 0.29) is 6.61 Å². The van der Waals surface area contributed by atoms with Gasteiger partial charge in [0.25, 0.3) is 0 Å². The van der Waals surface area contributed by atoms with Gasteiger partial charge in [0.15, 0.2) is 0 Å². The van der Waals surface area contributed by atoms with Crippen molar-refractivity contribution >= 4 is 34.7 Å². The Kier molecular flexibility index (Phi) is 6.17. The molecule has 0 aliphatic rings. The first-order valence-electron chi connectivity index (χ1n) is 8.24. The van der Waals surface area contributed by atoms with Crippen molar-refractivity contribution in [2.45, 2.75) is 13.0 Å². The fourth-order valence-electron chi connectivity index (χ4n) is 2.40. The summed E-state index contributed by atoms with van der Waals surface area (Å²) in [6.07, 6.45) is 5.67. The highest BCUT2D eigenvalue weighted by atomic mass is 35.5. The maximum Gasteiger partial charge on any atom is 0.407 e. The summed E-state index contributed by atoms with van der Waals surface area (Å²) in [5, 5.41) is 3.98. The van der Waals surface area contributed by atoms with Crippen LogP contribution in [0.5, 0.6) is 0 Å². The van der Waals surface area contributed by atoms with Gasteiger partial charge in [0.2, 0.25) is 0 Å². The highest BCUT2D eigenvalue weighted by Crippen LogP contribution is 2.21. The average molecular weight is 368 g/mol. The third kappa shape index (κ3) is 5.04. The number of alkyl carbamates (subject to hydrolysis) is 1. The molecule has 132 valence electrons. The first kappa shape index (κ1) is 17.9. The van der Waals surface area contributed by atoms with Crippen molar-refractivity contribution in [2.24, 2.45) is 0 Å². The highest BCUT2D eigenvalue weighted by Gasteiger charge is 2.02. The number of nitrogens with one attached hydrogen (secondary N) is 1. The number of hydrogen-bond donors (Lipinski definition) is 1. The molecule has 5 nitrogen and oxygen atoms in total. The number of carbonyl (C=O) groups excluding carboxylic acids is 1. The number of carbonyl (C=O) groups is 1. The van der Waals surface area contributed by atoms with E-state index in [0.29, 0.717) is 18.1 Å². The van der Waals surface area contributed by atoms with E-state index in [0.717, 1.165) is 22.0 Å². The first-order valence-corrected chi connectivity index (χ1v) is 8.61. The lowest BCUT2D eigenvalue weighted by Gasteiger charge is -2.06. The number of halogens is 1. The Labute approximate surface area is 156 Å². The number of ether oxygens (including phenoxy) is 1. The molecule has 0 fully saturated rings. The molecular formula is C20H18ClN3O2. The van der Waals surface area contributed by atoms with Gasteiger partial charge in [0, 0.05) is 11.9 Å². The van der Waals surface area contributed by atoms with Gasteiger partial charge >= 0.3 is 6.09 Å². The van der Waals surface area contributed by atoms with E-state index in [1.165, 1.54) is 6.33 Å². The van der Waals surface area contributed by atoms with Crippen LogP contribution in [0.1, 0.15) is 17.5 Å². The summed E-state index contributed by atoms with van der Waals surface area (Å²) in [5.74, 6) is 0. The number of fused-ring (bicyclic) bond motifs is 1. The lowest BCUT2D eigenvalue weighted by atomic mass is 10.1. The number of amides is 1. The van der Waals surface area contributed by atoms with Crippen LogP contribution < -0.4 is 5.32 Å². The average Bonchev–Trinajstić information content (AvgIpc) is 2.67. The van der Waals surface area contributed by atoms with Crippen LogP contribution in [-0.4, -0.2) is 22.6 Å². The van der Waals surface area contributed by atoms with Crippen molar-refractivity contribution in [3.05, 3.63) is 77.2 Å². The molecule has 0 saturated heterocycles. The first-order chi connectivity index (χ1) is 12.7. The molecule has 26 heavy (non-hydrogen) atoms. The van der Waals surface area contributed by atoms with Gasteiger partial charge in [-0.15, -0.1) is 0 Å². The minimum atomic E-state index is -0.420. The number of aromatic nitrogens is 2. The summed E-state index contributed by atoms with van der Waals surface area (Å²) in [4.78, 5) is 19.8. The molecule has 0 aliphatic heterocycles. The Morgan fingerprint density at radius 1 is 1.15 bits per heavy atom. The number of nitrogens with zero attached hydrogens (tertiary/aromatic N) is 2. The Morgan fingerprint density at radius 3 is 2.85 bits per heavy atom. The molecular weight excluding hydrogens is 350 g/mol. The van der Waals surface area contributed by atoms with E-state index in [4.69, 9.17) is 16.3 Å². The lowest BCUT2D eigenvalue weighted by molar-refractivity contribution is 0.140. The normalized spacial score (nSPS) is 11.0. The summed E-state index contributed by atoms with van der Waals surface area (Å²) >= 11 is 6.09. The lowest BCUT2D eigenvalue weighted by Crippen LogP contribution is -2.24. The second-order valence-electron chi connectivity index (χ2n) is 5.62. The predicted molar refractivity (Wildman–Crippen MR) is 103 cm³/mol. The SMILES string of the molecule is O=C(NCCC=Cc1ccc2ncnc(Cl)c2c1)OCc1ccccc1. The topological polar surface area (TPSA) is 64.1 Å². The Balaban J connectivity index is 1.43. The highest BCUT2D eigenvalue weighted by molar-refractivity contribution is 6.34. The molecule has 3 rings (SSSR count). The largest absolute Gasteiger partial charge is 0.445 e. The maximum atomic E-state index is 11.6. The fourth-order valence-corrected chi connectivity index (χ4v) is 2.59. The molecule has 1 amide bonds. The van der Waals surface area contributed by atoms with E-state index < -0.39 is 6.09 Å². The molecule has 1 N–H and O–H groups in total. The molecule has 0 radical (unpaired) electrons. The van der Waals surface area contributed by atoms with Gasteiger partial charge in [-0.1, -0.05) is 60.2 Å². The summed E-state index contributed by atoms with van der Waals surface area (Å²) in [6, 6.07) is 15.4. The van der Waals surface area contributed by atoms with Crippen LogP contribution in [0.4, 0.5) is 4.79 Å². The van der Waals surface area contributed by atoms with Crippen molar-refractivity contribution in [2.75, 3.05) is 6.54 Å². The summed E-state index contributed by atoms with van der Waals surface area (Å²) < 4.78 is 5.15. The maximum absolute atomic E-state index is 11.6. The molecule has 1 aromatic heterocycles. The van der Waals surface area contributed by atoms with Crippen molar-refractivity contribution in [3.8, 4) is 0 Å². The molecule has 0 atom stereocenters. The van der Waals surface area contributed by atoms with E-state index in [1.807, 2.05) is 60.7 Å². The van der Waals surface area contributed by atoms with Crippen molar-refractivity contribution in [3.63, 3.8) is 0 Å². The Bertz CT molecular complexity index is 913. The van der Waals surface area contributed by atoms with Gasteiger partial charge in [0.1, 0.15) is 18.1 Å². The number of benzene rings is 2. The smallest absolute Gasteiger partial charge is 0.407 e. The van der Waals surface area contributed by atoms with Gasteiger partial charge in [-0.2, -0.15) is 0 Å². The second kappa shape index (κ2) is 8.97. The van der Waals surface area contributed by atoms with Crippen LogP contribution >= 0.6 is 11.6 Å². The summed E-state index contributed by atoms with van der Waals surface area (Å²) in [6.45, 7) is 0.768. The van der Waals surface area contributed by atoms with Crippen molar-refractivity contribution in [1.29, 1.82) is 0 Å². The molecule has 0 aliphatic carbocycles. The molecule has 3 aromatic rings. The minimum absolute atomic E-state index is 0.266. The molecule has 0 spiro atoms. The van der Waals surface area contributed by atoms with Crippen LogP contribution in [0.3, 0.4) is 0 Å². The molecule has 0 bridgehead atoms. The van der Waals surface area contributed by atoms with Gasteiger partial charge in [-0.05, 0) is 29.7 Å². The van der Waals surface area contributed by atoms with Gasteiger partial charge in [0.05, 0.1) is 5.52 Å². The van der Waals surface area contributed by atoms with Crippen LogP contribution in [-0.2, 0) is 11.3 Å². The zero-order chi connectivity index (χ0) is 18.2. The van der Waals surface area contributed by atoms with E-state index >= 15 is 0 Å². The van der Waals surface area contributed by atoms with Crippen LogP contribution in [0.25, 0.3) is 17.0 Å². The van der Waals surface area contributed by atoms with Crippen molar-refractivity contribution in [1.82, 2.24) is 15.3 Å². The van der Waals surface area contributed by atoms with Crippen molar-refractivity contribution < 1.29 is 9.53 Å². The Hall–Kier alpha value is -2.92. The molecule has 2 aromatic carbocycles. The zero-order valence-electron chi connectivity index (χ0n) is 14.1. The van der Waals surface area contributed by atoms with Crippen LogP contribution in [0.2, 0.25) is 5.15 Å². The molecule has 1 heterocycles. The summed E-state index contributed by atoms with van der Waals surface area (Å²) in [5.41, 5.74) is 2.77. The quantitative estimate of drug-likeness (QED) is 0.510. The predicted octanol–water partition coefficient (Wildman–Crippen LogP) is 4.61. The molecule has 0 saturated carbocycles. The number of hydrogen-bond acceptors (Lipinski definition) is 4. The van der Waals surface area contributed by atoms with Crippen LogP contribution in [0.15, 0.2) is 60.9 Å². The Morgan fingerprint density at radius 2 is 2.00 bits per heavy atom. The van der Waals surface area contributed by atoms with E-state index in [1.54, 1.807) is 0 Å². The molecule has 6 heteroatoms. The third-order valence-electron chi connectivity index (χ3n) is 3.71. The molecule has 0 unspecified atom stereocenters. The van der Waals surface area contributed by atoms with Gasteiger partial charge < -0.3 is 10.1 Å². The van der Waals surface area contributed by atoms with Gasteiger partial charge in [-0.25, -0.2) is 14.8 Å². The minimum Gasteiger partial charge on any atom is -0.445 e. The van der Waals surface area contributed by atoms with E-state index in [2.05, 4.69) is 15.3 Å². The monoisotopic (exact) mass is 367 g/mol. The van der Waals surface area contributed by atoms with Crippen LogP contribution in [0, 0.1) is 0 Å². The summed E-state index contributed by atoms with van der Waals surface area (Å²) in [7, 11) is 0. The fraction of sp³-hybridized carbons (Fsp3) is 0.150. The second-order valence-corrected chi connectivity index (χ2v) is 5.98. The third-order valence-corrected chi connectivity index (χ3v) is 4.02. The van der Waals surface area contributed by atoms with Gasteiger partial charge in [-0.3, -0.25) is 0 Å². The standard InChI is InChI=1S/C20H18ClN3O2/c21-19-17-12-15(9-10-18(17)23-14-24-19)6-4-5-11-22-20(25)26-13-16-7-2-1-3-8-16/h1-4,6-10,12,14H,5,11,13H2,(H,22,25).